The molecular weight excluding hydrogens is 252 g/mol. The van der Waals surface area contributed by atoms with Crippen LogP contribution in [0.1, 0.15) is 53.9 Å². The van der Waals surface area contributed by atoms with Crippen molar-refractivity contribution in [3.05, 3.63) is 72.4 Å². The van der Waals surface area contributed by atoms with E-state index in [1.165, 1.54) is 11.1 Å². The van der Waals surface area contributed by atoms with Crippen LogP contribution in [0.5, 0.6) is 0 Å². The fraction of sp³-hybridized carbons (Fsp3) is 0.429. The van der Waals surface area contributed by atoms with Gasteiger partial charge in [0, 0.05) is 5.41 Å². The molecule has 0 aromatic heterocycles. The van der Waals surface area contributed by atoms with Gasteiger partial charge in [-0.25, -0.2) is 0 Å². The van der Waals surface area contributed by atoms with Crippen LogP contribution in [0.4, 0.5) is 0 Å². The van der Waals surface area contributed by atoms with Gasteiger partial charge in [0.15, 0.2) is 0 Å². The van der Waals surface area contributed by atoms with Crippen LogP contribution >= 0.6 is 0 Å². The molecule has 0 amide bonds. The van der Waals surface area contributed by atoms with Crippen molar-refractivity contribution in [2.24, 2.45) is 5.41 Å². The van der Waals surface area contributed by atoms with E-state index in [0.717, 1.165) is 24.8 Å². The Kier molecular flexibility index (Phi) is 9.45. The van der Waals surface area contributed by atoms with Gasteiger partial charge in [-0.3, -0.25) is 0 Å². The zero-order chi connectivity index (χ0) is 16.3. The molecule has 0 aliphatic heterocycles. The first-order valence-electron chi connectivity index (χ1n) is 7.91. The lowest BCUT2D eigenvalue weighted by Gasteiger charge is -2.29. The van der Waals surface area contributed by atoms with Crippen LogP contribution in [0.2, 0.25) is 0 Å². The molecule has 0 atom stereocenters. The lowest BCUT2D eigenvalue weighted by atomic mass is 9.75. The maximum absolute atomic E-state index is 4.18. The molecular formula is C21H32. The predicted molar refractivity (Wildman–Crippen MR) is 98.4 cm³/mol. The minimum absolute atomic E-state index is 0.144. The maximum atomic E-state index is 4.18. The van der Waals surface area contributed by atoms with Crippen molar-refractivity contribution in [1.82, 2.24) is 0 Å². The summed E-state index contributed by atoms with van der Waals surface area (Å²) in [6, 6.07) is 0. The molecule has 0 aromatic rings. The summed E-state index contributed by atoms with van der Waals surface area (Å²) in [6.07, 6.45) is 18.4. The van der Waals surface area contributed by atoms with Crippen molar-refractivity contribution >= 4 is 0 Å². The van der Waals surface area contributed by atoms with Crippen LogP contribution in [-0.2, 0) is 0 Å². The summed E-state index contributed by atoms with van der Waals surface area (Å²) in [6.45, 7) is 18.7. The van der Waals surface area contributed by atoms with E-state index in [-0.39, 0.29) is 5.41 Å². The van der Waals surface area contributed by atoms with Crippen LogP contribution in [0, 0.1) is 5.41 Å². The molecule has 0 fully saturated rings. The van der Waals surface area contributed by atoms with Crippen LogP contribution < -0.4 is 0 Å². The Hall–Kier alpha value is -1.56. The SMILES string of the molecule is C=CCCC(C(=C)C)=C(C)C(C=CC)(C=CC)C=CCC. The van der Waals surface area contributed by atoms with Crippen LogP contribution in [-0.4, -0.2) is 0 Å². The first kappa shape index (κ1) is 19.4. The largest absolute Gasteiger partial charge is 0.103 e. The van der Waals surface area contributed by atoms with E-state index in [4.69, 9.17) is 0 Å². The highest BCUT2D eigenvalue weighted by molar-refractivity contribution is 5.44. The third-order valence-corrected chi connectivity index (χ3v) is 3.73. The van der Waals surface area contributed by atoms with E-state index in [1.54, 1.807) is 0 Å². The second-order valence-electron chi connectivity index (χ2n) is 5.45. The zero-order valence-electron chi connectivity index (χ0n) is 14.6. The lowest BCUT2D eigenvalue weighted by Crippen LogP contribution is -2.16. The van der Waals surface area contributed by atoms with Gasteiger partial charge in [0.2, 0.25) is 0 Å². The Morgan fingerprint density at radius 1 is 1.05 bits per heavy atom. The van der Waals surface area contributed by atoms with E-state index in [1.807, 2.05) is 6.08 Å². The molecule has 0 unspecified atom stereocenters. The second-order valence-corrected chi connectivity index (χ2v) is 5.45. The summed E-state index contributed by atoms with van der Waals surface area (Å²) in [5.41, 5.74) is 3.72. The quantitative estimate of drug-likeness (QED) is 0.317. The highest BCUT2D eigenvalue weighted by Crippen LogP contribution is 2.38. The van der Waals surface area contributed by atoms with Gasteiger partial charge in [0.05, 0.1) is 0 Å². The third-order valence-electron chi connectivity index (χ3n) is 3.73. The Morgan fingerprint density at radius 3 is 2.00 bits per heavy atom. The molecule has 0 aliphatic rings. The normalized spacial score (nSPS) is 16.4. The summed E-state index contributed by atoms with van der Waals surface area (Å²) in [5, 5.41) is 0. The van der Waals surface area contributed by atoms with Gasteiger partial charge in [-0.05, 0) is 52.5 Å². The van der Waals surface area contributed by atoms with E-state index < -0.39 is 0 Å². The molecule has 116 valence electrons. The lowest BCUT2D eigenvalue weighted by molar-refractivity contribution is 0.724. The molecule has 0 nitrogen and oxygen atoms in total. The monoisotopic (exact) mass is 284 g/mol. The third kappa shape index (κ3) is 5.75. The molecule has 0 saturated carbocycles. The molecule has 0 heteroatoms. The zero-order valence-corrected chi connectivity index (χ0v) is 14.6. The fourth-order valence-electron chi connectivity index (χ4n) is 2.63. The van der Waals surface area contributed by atoms with Gasteiger partial charge < -0.3 is 0 Å². The van der Waals surface area contributed by atoms with Crippen LogP contribution in [0.25, 0.3) is 0 Å². The molecule has 0 radical (unpaired) electrons. The summed E-state index contributed by atoms with van der Waals surface area (Å²) in [5.74, 6) is 0. The molecule has 0 spiro atoms. The van der Waals surface area contributed by atoms with Crippen LogP contribution in [0.15, 0.2) is 72.4 Å². The molecule has 0 saturated heterocycles. The predicted octanol–water partition coefficient (Wildman–Crippen LogP) is 6.95. The highest BCUT2D eigenvalue weighted by Gasteiger charge is 2.25. The number of rotatable bonds is 9. The second kappa shape index (κ2) is 10.2. The number of hydrogen-bond acceptors (Lipinski definition) is 0. The summed E-state index contributed by atoms with van der Waals surface area (Å²) >= 11 is 0. The van der Waals surface area contributed by atoms with E-state index in [0.29, 0.717) is 0 Å². The van der Waals surface area contributed by atoms with Gasteiger partial charge in [-0.15, -0.1) is 6.58 Å². The minimum Gasteiger partial charge on any atom is -0.103 e. The standard InChI is InChI=1S/C21H32/c1-8-12-14-20(18(5)6)19(7)21(15-10-3,16-11-4)17-13-9-2/h8,10-11,13,15-17H,1,5,9,12,14H2,2-4,6-7H3. The molecule has 0 aromatic carbocycles. The van der Waals surface area contributed by atoms with Gasteiger partial charge in [0.1, 0.15) is 0 Å². The van der Waals surface area contributed by atoms with E-state index >= 15 is 0 Å². The number of allylic oxidation sites excluding steroid dienone is 10. The minimum atomic E-state index is -0.144. The van der Waals surface area contributed by atoms with Crippen molar-refractivity contribution in [2.45, 2.75) is 53.9 Å². The fourth-order valence-corrected chi connectivity index (χ4v) is 2.63. The molecule has 21 heavy (non-hydrogen) atoms. The molecule has 0 heterocycles. The molecule has 0 aliphatic carbocycles. The molecule has 0 bridgehead atoms. The van der Waals surface area contributed by atoms with Gasteiger partial charge >= 0.3 is 0 Å². The van der Waals surface area contributed by atoms with Crippen molar-refractivity contribution in [2.75, 3.05) is 0 Å². The Labute approximate surface area is 132 Å². The van der Waals surface area contributed by atoms with E-state index in [2.05, 4.69) is 84.2 Å². The van der Waals surface area contributed by atoms with Gasteiger partial charge in [-0.2, -0.15) is 0 Å². The van der Waals surface area contributed by atoms with E-state index in [9.17, 15) is 0 Å². The van der Waals surface area contributed by atoms with Crippen LogP contribution in [0.3, 0.4) is 0 Å². The Bertz CT molecular complexity index is 440. The van der Waals surface area contributed by atoms with Crippen molar-refractivity contribution in [3.63, 3.8) is 0 Å². The average molecular weight is 284 g/mol. The highest BCUT2D eigenvalue weighted by atomic mass is 14.3. The smallest absolute Gasteiger partial charge is 0.0455 e. The molecule has 0 N–H and O–H groups in total. The van der Waals surface area contributed by atoms with Crippen molar-refractivity contribution < 1.29 is 0 Å². The summed E-state index contributed by atoms with van der Waals surface area (Å²) in [7, 11) is 0. The topological polar surface area (TPSA) is 0 Å². The average Bonchev–Trinajstić information content (AvgIpc) is 2.45. The summed E-state index contributed by atoms with van der Waals surface area (Å²) in [4.78, 5) is 0. The Morgan fingerprint density at radius 2 is 1.62 bits per heavy atom. The van der Waals surface area contributed by atoms with Gasteiger partial charge in [-0.1, -0.05) is 67.2 Å². The van der Waals surface area contributed by atoms with Crippen molar-refractivity contribution in [1.29, 1.82) is 0 Å². The van der Waals surface area contributed by atoms with Crippen molar-refractivity contribution in [3.8, 4) is 0 Å². The number of hydrogen-bond donors (Lipinski definition) is 0. The molecule has 0 rings (SSSR count). The summed E-state index contributed by atoms with van der Waals surface area (Å²) < 4.78 is 0. The first-order valence-corrected chi connectivity index (χ1v) is 7.91. The Balaban J connectivity index is 6.12. The van der Waals surface area contributed by atoms with Gasteiger partial charge in [0.25, 0.3) is 0 Å². The first-order chi connectivity index (χ1) is 9.98. The maximum Gasteiger partial charge on any atom is 0.0455 e.